The van der Waals surface area contributed by atoms with E-state index >= 15 is 0 Å². The fraction of sp³-hybridized carbons (Fsp3) is 0.368. The van der Waals surface area contributed by atoms with Gasteiger partial charge in [-0.05, 0) is 25.0 Å². The number of carbonyl (C=O) groups excluding carboxylic acids is 1. The highest BCUT2D eigenvalue weighted by atomic mass is 16.4. The van der Waals surface area contributed by atoms with Crippen molar-refractivity contribution < 1.29 is 14.7 Å². The molecule has 4 rings (SSSR count). The zero-order valence-corrected chi connectivity index (χ0v) is 16.0. The SMILES string of the molecule is Cc1c(C(=O)O)cnn1C1CCN(C(=O)Cn2nnc(-c3ccccc3)n2)CC1. The van der Waals surface area contributed by atoms with Gasteiger partial charge in [0.15, 0.2) is 0 Å². The summed E-state index contributed by atoms with van der Waals surface area (Å²) in [6.45, 7) is 2.94. The van der Waals surface area contributed by atoms with Crippen LogP contribution in [-0.2, 0) is 11.3 Å². The Kier molecular flexibility index (Phi) is 5.07. The molecule has 1 fully saturated rings. The van der Waals surface area contributed by atoms with Gasteiger partial charge in [0.05, 0.1) is 17.9 Å². The third-order valence-electron chi connectivity index (χ3n) is 5.20. The minimum absolute atomic E-state index is 0.0362. The van der Waals surface area contributed by atoms with Crippen molar-refractivity contribution in [3.05, 3.63) is 47.8 Å². The van der Waals surface area contributed by atoms with E-state index in [2.05, 4.69) is 20.5 Å². The highest BCUT2D eigenvalue weighted by Gasteiger charge is 2.27. The van der Waals surface area contributed by atoms with E-state index in [1.165, 1.54) is 11.0 Å². The van der Waals surface area contributed by atoms with E-state index in [1.54, 1.807) is 16.5 Å². The zero-order chi connectivity index (χ0) is 20.4. The summed E-state index contributed by atoms with van der Waals surface area (Å²) in [5, 5.41) is 25.7. The van der Waals surface area contributed by atoms with Crippen LogP contribution < -0.4 is 0 Å². The molecule has 0 saturated carbocycles. The van der Waals surface area contributed by atoms with Crippen LogP contribution in [0.25, 0.3) is 11.4 Å². The lowest BCUT2D eigenvalue weighted by Gasteiger charge is -2.32. The Labute approximate surface area is 166 Å². The third kappa shape index (κ3) is 3.86. The van der Waals surface area contributed by atoms with Crippen LogP contribution in [0.1, 0.15) is 34.9 Å². The molecular formula is C19H21N7O3. The van der Waals surface area contributed by atoms with E-state index in [9.17, 15) is 14.7 Å². The summed E-state index contributed by atoms with van der Waals surface area (Å²) in [4.78, 5) is 26.9. The number of benzene rings is 1. The summed E-state index contributed by atoms with van der Waals surface area (Å²) in [5.74, 6) is -0.555. The fourth-order valence-corrected chi connectivity index (χ4v) is 3.60. The molecule has 1 aliphatic rings. The maximum absolute atomic E-state index is 12.6. The van der Waals surface area contributed by atoms with Crippen molar-refractivity contribution in [3.8, 4) is 11.4 Å². The third-order valence-corrected chi connectivity index (χ3v) is 5.20. The van der Waals surface area contributed by atoms with E-state index < -0.39 is 5.97 Å². The standard InChI is InChI=1S/C19H21N7O3/c1-13-16(19(28)29)11-20-26(13)15-7-9-24(10-8-15)17(27)12-25-22-18(21-23-25)14-5-3-2-4-6-14/h2-6,11,15H,7-10,12H2,1H3,(H,28,29). The van der Waals surface area contributed by atoms with Crippen molar-refractivity contribution in [2.75, 3.05) is 13.1 Å². The molecule has 2 aromatic heterocycles. The van der Waals surface area contributed by atoms with Gasteiger partial charge in [0.1, 0.15) is 12.1 Å². The molecule has 1 amide bonds. The normalized spacial score (nSPS) is 14.9. The Morgan fingerprint density at radius 1 is 1.17 bits per heavy atom. The van der Waals surface area contributed by atoms with Crippen LogP contribution >= 0.6 is 0 Å². The number of aromatic nitrogens is 6. The van der Waals surface area contributed by atoms with Crippen LogP contribution in [-0.4, -0.2) is 65.0 Å². The van der Waals surface area contributed by atoms with E-state index in [1.807, 2.05) is 30.3 Å². The number of tetrazole rings is 1. The molecule has 1 aromatic carbocycles. The Hall–Kier alpha value is -3.56. The van der Waals surface area contributed by atoms with Gasteiger partial charge in [0, 0.05) is 18.7 Å². The number of aromatic carboxylic acids is 1. The van der Waals surface area contributed by atoms with Gasteiger partial charge in [-0.15, -0.1) is 10.2 Å². The van der Waals surface area contributed by atoms with E-state index in [4.69, 9.17) is 0 Å². The van der Waals surface area contributed by atoms with Gasteiger partial charge in [-0.1, -0.05) is 30.3 Å². The van der Waals surface area contributed by atoms with Crippen LogP contribution in [0.4, 0.5) is 0 Å². The van der Waals surface area contributed by atoms with Gasteiger partial charge in [-0.2, -0.15) is 9.90 Å². The number of hydrogen-bond donors (Lipinski definition) is 1. The maximum Gasteiger partial charge on any atom is 0.339 e. The number of nitrogens with zero attached hydrogens (tertiary/aromatic N) is 7. The number of carboxylic acids is 1. The molecule has 10 nitrogen and oxygen atoms in total. The summed E-state index contributed by atoms with van der Waals surface area (Å²) in [6.07, 6.45) is 2.82. The lowest BCUT2D eigenvalue weighted by Crippen LogP contribution is -2.41. The quantitative estimate of drug-likeness (QED) is 0.693. The van der Waals surface area contributed by atoms with Crippen molar-refractivity contribution in [3.63, 3.8) is 0 Å². The predicted molar refractivity (Wildman–Crippen MR) is 102 cm³/mol. The Morgan fingerprint density at radius 3 is 2.55 bits per heavy atom. The van der Waals surface area contributed by atoms with Crippen LogP contribution in [0.2, 0.25) is 0 Å². The van der Waals surface area contributed by atoms with Crippen LogP contribution in [0, 0.1) is 6.92 Å². The number of likely N-dealkylation sites (tertiary alicyclic amines) is 1. The highest BCUT2D eigenvalue weighted by molar-refractivity contribution is 5.88. The number of carbonyl (C=O) groups is 2. The predicted octanol–water partition coefficient (Wildman–Crippen LogP) is 1.41. The van der Waals surface area contributed by atoms with E-state index in [0.717, 1.165) is 5.56 Å². The summed E-state index contributed by atoms with van der Waals surface area (Å²) in [7, 11) is 0. The van der Waals surface area contributed by atoms with Gasteiger partial charge in [-0.3, -0.25) is 9.48 Å². The second-order valence-corrected chi connectivity index (χ2v) is 7.01. The summed E-state index contributed by atoms with van der Waals surface area (Å²) in [5.41, 5.74) is 1.71. The number of rotatable bonds is 5. The highest BCUT2D eigenvalue weighted by Crippen LogP contribution is 2.24. The van der Waals surface area contributed by atoms with Gasteiger partial charge in [-0.25, -0.2) is 4.79 Å². The minimum Gasteiger partial charge on any atom is -0.478 e. The van der Waals surface area contributed by atoms with Gasteiger partial charge in [0.2, 0.25) is 11.7 Å². The average Bonchev–Trinajstić information content (AvgIpc) is 3.35. The second kappa shape index (κ2) is 7.82. The molecular weight excluding hydrogens is 374 g/mol. The minimum atomic E-state index is -0.975. The van der Waals surface area contributed by atoms with E-state index in [-0.39, 0.29) is 24.1 Å². The molecule has 0 unspecified atom stereocenters. The molecule has 0 atom stereocenters. The molecule has 150 valence electrons. The molecule has 1 saturated heterocycles. The Balaban J connectivity index is 1.35. The van der Waals surface area contributed by atoms with Crippen molar-refractivity contribution in [2.45, 2.75) is 32.4 Å². The molecule has 1 N–H and O–H groups in total. The van der Waals surface area contributed by atoms with Gasteiger partial charge in [0.25, 0.3) is 0 Å². The zero-order valence-electron chi connectivity index (χ0n) is 16.0. The first-order chi connectivity index (χ1) is 14.0. The first-order valence-electron chi connectivity index (χ1n) is 9.41. The Bertz CT molecular complexity index is 1020. The number of amides is 1. The van der Waals surface area contributed by atoms with Gasteiger partial charge < -0.3 is 10.0 Å². The smallest absolute Gasteiger partial charge is 0.339 e. The average molecular weight is 395 g/mol. The van der Waals surface area contributed by atoms with Crippen LogP contribution in [0.3, 0.4) is 0 Å². The summed E-state index contributed by atoms with van der Waals surface area (Å²) >= 11 is 0. The topological polar surface area (TPSA) is 119 Å². The molecule has 0 bridgehead atoms. The monoisotopic (exact) mass is 395 g/mol. The van der Waals surface area contributed by atoms with Crippen molar-refractivity contribution in [1.82, 2.24) is 34.9 Å². The molecule has 0 aliphatic carbocycles. The molecule has 0 radical (unpaired) electrons. The molecule has 10 heteroatoms. The number of hydrogen-bond acceptors (Lipinski definition) is 6. The first kappa shape index (κ1) is 18.8. The van der Waals surface area contributed by atoms with Crippen molar-refractivity contribution in [1.29, 1.82) is 0 Å². The molecule has 0 spiro atoms. The van der Waals surface area contributed by atoms with Crippen molar-refractivity contribution in [2.24, 2.45) is 0 Å². The largest absolute Gasteiger partial charge is 0.478 e. The molecule has 3 heterocycles. The molecule has 1 aliphatic heterocycles. The van der Waals surface area contributed by atoms with Crippen LogP contribution in [0.15, 0.2) is 36.5 Å². The van der Waals surface area contributed by atoms with E-state index in [0.29, 0.717) is 37.4 Å². The Morgan fingerprint density at radius 2 is 1.90 bits per heavy atom. The number of carboxylic acid groups (broad SMARTS) is 1. The first-order valence-corrected chi connectivity index (χ1v) is 9.41. The summed E-state index contributed by atoms with van der Waals surface area (Å²) in [6, 6.07) is 9.57. The lowest BCUT2D eigenvalue weighted by atomic mass is 10.0. The van der Waals surface area contributed by atoms with Crippen LogP contribution in [0.5, 0.6) is 0 Å². The molecule has 29 heavy (non-hydrogen) atoms. The van der Waals surface area contributed by atoms with Gasteiger partial charge >= 0.3 is 5.97 Å². The van der Waals surface area contributed by atoms with Crippen molar-refractivity contribution >= 4 is 11.9 Å². The fourth-order valence-electron chi connectivity index (χ4n) is 3.60. The number of piperidine rings is 1. The molecule has 3 aromatic rings. The maximum atomic E-state index is 12.6. The lowest BCUT2D eigenvalue weighted by molar-refractivity contribution is -0.133. The summed E-state index contributed by atoms with van der Waals surface area (Å²) < 4.78 is 1.76. The second-order valence-electron chi connectivity index (χ2n) is 7.01.